The van der Waals surface area contributed by atoms with E-state index in [1.165, 1.54) is 33.6 Å². The fraction of sp³-hybridized carbons (Fsp3) is 0.553. The van der Waals surface area contributed by atoms with Crippen molar-refractivity contribution < 1.29 is 9.53 Å². The summed E-state index contributed by atoms with van der Waals surface area (Å²) in [7, 11) is 0. The number of hydrogen-bond donors (Lipinski definition) is 0. The molecule has 1 fully saturated rings. The number of carbonyl (C=O) groups is 1. The van der Waals surface area contributed by atoms with Crippen molar-refractivity contribution in [1.29, 1.82) is 0 Å². The number of carbonyl (C=O) groups excluding carboxylic acids is 1. The maximum atomic E-state index is 13.5. The zero-order valence-corrected chi connectivity index (χ0v) is 28.3. The summed E-state index contributed by atoms with van der Waals surface area (Å²) in [4.78, 5) is 30.3. The zero-order valence-electron chi connectivity index (χ0n) is 28.3. The molecule has 1 amide bonds. The Hall–Kier alpha value is -3.45. The second-order valence-corrected chi connectivity index (χ2v) is 15.1. The molecule has 1 unspecified atom stereocenters. The van der Waals surface area contributed by atoms with Gasteiger partial charge >= 0.3 is 6.09 Å². The number of fused-ring (bicyclic) bond motifs is 3. The fourth-order valence-electron chi connectivity index (χ4n) is 7.88. The summed E-state index contributed by atoms with van der Waals surface area (Å²) in [5.74, 6) is 2.09. The highest BCUT2D eigenvalue weighted by Gasteiger charge is 2.48. The van der Waals surface area contributed by atoms with Gasteiger partial charge in [0.15, 0.2) is 0 Å². The Morgan fingerprint density at radius 1 is 1.02 bits per heavy atom. The third-order valence-corrected chi connectivity index (χ3v) is 10.1. The number of piperidine rings is 1. The number of likely N-dealkylation sites (tertiary alicyclic amines) is 1. The van der Waals surface area contributed by atoms with E-state index in [0.29, 0.717) is 18.4 Å². The van der Waals surface area contributed by atoms with Crippen LogP contribution in [-0.4, -0.2) is 57.1 Å². The highest BCUT2D eigenvalue weighted by molar-refractivity contribution is 5.76. The molecule has 0 saturated carbocycles. The number of aromatic nitrogens is 2. The van der Waals surface area contributed by atoms with Crippen LogP contribution >= 0.6 is 0 Å². The van der Waals surface area contributed by atoms with Crippen molar-refractivity contribution in [3.05, 3.63) is 82.8 Å². The van der Waals surface area contributed by atoms with E-state index < -0.39 is 5.60 Å². The molecule has 45 heavy (non-hydrogen) atoms. The monoisotopic (exact) mass is 609 g/mol. The Bertz CT molecular complexity index is 1500. The minimum atomic E-state index is -0.549. The molecule has 240 valence electrons. The lowest BCUT2D eigenvalue weighted by Crippen LogP contribution is -2.45. The van der Waals surface area contributed by atoms with Gasteiger partial charge < -0.3 is 14.5 Å². The van der Waals surface area contributed by atoms with Crippen LogP contribution in [0.1, 0.15) is 102 Å². The topological polar surface area (TPSA) is 61.8 Å². The van der Waals surface area contributed by atoms with E-state index in [0.717, 1.165) is 57.7 Å². The minimum absolute atomic E-state index is 0.00816. The molecule has 0 bridgehead atoms. The first-order chi connectivity index (χ1) is 21.5. The lowest BCUT2D eigenvalue weighted by Gasteiger charge is -2.41. The molecule has 1 spiro atoms. The molecule has 1 saturated heterocycles. The largest absolute Gasteiger partial charge is 0.444 e. The van der Waals surface area contributed by atoms with Gasteiger partial charge in [0.05, 0.1) is 0 Å². The fourth-order valence-corrected chi connectivity index (χ4v) is 7.88. The number of nitrogens with zero attached hydrogens (tertiary/aromatic N) is 5. The van der Waals surface area contributed by atoms with E-state index >= 15 is 0 Å². The third-order valence-electron chi connectivity index (χ3n) is 10.1. The summed E-state index contributed by atoms with van der Waals surface area (Å²) in [5.41, 5.74) is 7.20. The first-order valence-electron chi connectivity index (χ1n) is 17.0. The number of benzene rings is 2. The van der Waals surface area contributed by atoms with Crippen LogP contribution in [0.15, 0.2) is 54.9 Å². The van der Waals surface area contributed by atoms with Crippen molar-refractivity contribution in [3.8, 4) is 0 Å². The van der Waals surface area contributed by atoms with Gasteiger partial charge in [-0.05, 0) is 108 Å². The van der Waals surface area contributed by atoms with E-state index in [1.54, 1.807) is 6.33 Å². The molecule has 0 radical (unpaired) electrons. The van der Waals surface area contributed by atoms with E-state index in [9.17, 15) is 4.79 Å². The van der Waals surface area contributed by atoms with Crippen molar-refractivity contribution >= 4 is 17.6 Å². The molecule has 3 aliphatic rings. The second kappa shape index (κ2) is 12.4. The highest BCUT2D eigenvalue weighted by Crippen LogP contribution is 2.53. The quantitative estimate of drug-likeness (QED) is 0.271. The van der Waals surface area contributed by atoms with Crippen molar-refractivity contribution in [2.75, 3.05) is 24.5 Å². The van der Waals surface area contributed by atoms with Gasteiger partial charge in [0.2, 0.25) is 0 Å². The minimum Gasteiger partial charge on any atom is -0.444 e. The molecule has 3 aromatic rings. The van der Waals surface area contributed by atoms with Crippen molar-refractivity contribution in [1.82, 2.24) is 19.8 Å². The highest BCUT2D eigenvalue weighted by atomic mass is 16.6. The van der Waals surface area contributed by atoms with Crippen LogP contribution in [0.5, 0.6) is 0 Å². The van der Waals surface area contributed by atoms with Crippen LogP contribution in [0.3, 0.4) is 0 Å². The van der Waals surface area contributed by atoms with E-state index in [1.807, 2.05) is 25.7 Å². The van der Waals surface area contributed by atoms with Crippen molar-refractivity contribution in [3.63, 3.8) is 0 Å². The maximum Gasteiger partial charge on any atom is 0.410 e. The molecule has 7 heteroatoms. The Kier molecular flexibility index (Phi) is 8.68. The normalized spacial score (nSPS) is 19.3. The number of anilines is 2. The average molecular weight is 610 g/mol. The van der Waals surface area contributed by atoms with Gasteiger partial charge in [-0.3, -0.25) is 4.90 Å². The van der Waals surface area contributed by atoms with Gasteiger partial charge in [-0.1, -0.05) is 56.3 Å². The van der Waals surface area contributed by atoms with Gasteiger partial charge in [0.1, 0.15) is 17.7 Å². The molecule has 1 aromatic heterocycles. The molecule has 3 heterocycles. The van der Waals surface area contributed by atoms with Crippen LogP contribution in [0, 0.1) is 5.92 Å². The number of ether oxygens (including phenoxy) is 1. The van der Waals surface area contributed by atoms with Gasteiger partial charge in [-0.2, -0.15) is 0 Å². The first kappa shape index (κ1) is 31.5. The molecular formula is C38H51N5O2. The molecule has 6 rings (SSSR count). The van der Waals surface area contributed by atoms with Crippen molar-refractivity contribution in [2.45, 2.75) is 110 Å². The third kappa shape index (κ3) is 6.33. The molecule has 1 aliphatic carbocycles. The second-order valence-electron chi connectivity index (χ2n) is 15.1. The molecule has 2 aliphatic heterocycles. The lowest BCUT2D eigenvalue weighted by molar-refractivity contribution is 0.0170. The number of aryl methyl sites for hydroxylation is 1. The van der Waals surface area contributed by atoms with Gasteiger partial charge in [-0.25, -0.2) is 14.8 Å². The summed E-state index contributed by atoms with van der Waals surface area (Å²) in [5, 5.41) is 0. The molecule has 1 atom stereocenters. The Balaban J connectivity index is 1.39. The van der Waals surface area contributed by atoms with Crippen LogP contribution in [0.2, 0.25) is 0 Å². The molecule has 7 nitrogen and oxygen atoms in total. The Labute approximate surface area is 270 Å². The van der Waals surface area contributed by atoms with Gasteiger partial charge in [-0.15, -0.1) is 0 Å². The van der Waals surface area contributed by atoms with Gasteiger partial charge in [0, 0.05) is 48.0 Å². The molecule has 2 aromatic carbocycles. The van der Waals surface area contributed by atoms with E-state index in [2.05, 4.69) is 86.0 Å². The summed E-state index contributed by atoms with van der Waals surface area (Å²) in [6.45, 7) is 19.1. The van der Waals surface area contributed by atoms with Crippen LogP contribution in [0.25, 0.3) is 0 Å². The smallest absolute Gasteiger partial charge is 0.410 e. The van der Waals surface area contributed by atoms with Crippen LogP contribution in [0.4, 0.5) is 16.3 Å². The molecule has 0 N–H and O–H groups in total. The Morgan fingerprint density at radius 2 is 1.76 bits per heavy atom. The standard InChI is InChI=1S/C38H51N5O2/c1-26(2)30-16-17-31-33(30)35(40-25-39-31)43-24-38(18-20-41(21-19-38)22-28-12-9-8-10-13-28)34-29(14-11-15-32(34)43)23-42(27(3)4)36(44)45-37(5,6)7/h8-15,25-27,30H,16-24H2,1-7H3. The summed E-state index contributed by atoms with van der Waals surface area (Å²) in [6, 6.07) is 17.5. The summed E-state index contributed by atoms with van der Waals surface area (Å²) >= 11 is 0. The van der Waals surface area contributed by atoms with Crippen LogP contribution < -0.4 is 4.90 Å². The molecular weight excluding hydrogens is 558 g/mol. The predicted octanol–water partition coefficient (Wildman–Crippen LogP) is 7.99. The SMILES string of the molecule is CC(C)C1CCc2ncnc(N3CC4(CCN(Cc5ccccc5)CC4)c4c(CN(C(=O)OC(C)(C)C)C(C)C)cccc43)c21. The Morgan fingerprint density at radius 3 is 2.42 bits per heavy atom. The maximum absolute atomic E-state index is 13.5. The van der Waals surface area contributed by atoms with Gasteiger partial charge in [0.25, 0.3) is 0 Å². The zero-order chi connectivity index (χ0) is 31.9. The van der Waals surface area contributed by atoms with E-state index in [-0.39, 0.29) is 17.6 Å². The van der Waals surface area contributed by atoms with Crippen LogP contribution in [-0.2, 0) is 29.7 Å². The van der Waals surface area contributed by atoms with E-state index in [4.69, 9.17) is 14.7 Å². The van der Waals surface area contributed by atoms with Crippen molar-refractivity contribution in [2.24, 2.45) is 5.92 Å². The number of amides is 1. The summed E-state index contributed by atoms with van der Waals surface area (Å²) in [6.07, 6.45) is 5.80. The predicted molar refractivity (Wildman–Crippen MR) is 181 cm³/mol. The average Bonchev–Trinajstić information content (AvgIpc) is 3.57. The summed E-state index contributed by atoms with van der Waals surface area (Å²) < 4.78 is 5.89. The lowest BCUT2D eigenvalue weighted by atomic mass is 9.72. The number of hydrogen-bond acceptors (Lipinski definition) is 6. The first-order valence-corrected chi connectivity index (χ1v) is 17.0. The number of rotatable bonds is 7.